The molecular formula is C15H22N2O6S2. The molecule has 0 radical (unpaired) electrons. The molecule has 0 rings (SSSR count). The fourth-order valence-electron chi connectivity index (χ4n) is 1.50. The van der Waals surface area contributed by atoms with E-state index in [1.165, 1.54) is 0 Å². The molecule has 0 aromatic heterocycles. The number of nitrogens with one attached hydrogen (secondary N) is 2. The molecule has 8 nitrogen and oxygen atoms in total. The maximum Gasteiger partial charge on any atom is 0.225 e. The third-order valence-corrected chi connectivity index (χ3v) is 5.75. The third-order valence-electron chi connectivity index (χ3n) is 2.97. The quantitative estimate of drug-likeness (QED) is 0.530. The number of sulfone groups is 2. The predicted octanol–water partition coefficient (Wildman–Crippen LogP) is 0.531. The van der Waals surface area contributed by atoms with Crippen LogP contribution in [0.3, 0.4) is 0 Å². The summed E-state index contributed by atoms with van der Waals surface area (Å²) in [4.78, 5) is 22.8. The van der Waals surface area contributed by atoms with Gasteiger partial charge in [0.1, 0.15) is 0 Å². The van der Waals surface area contributed by atoms with Gasteiger partial charge in [-0.15, -0.1) is 0 Å². The topological polar surface area (TPSA) is 126 Å². The van der Waals surface area contributed by atoms with Crippen molar-refractivity contribution in [1.82, 2.24) is 10.6 Å². The highest BCUT2D eigenvalue weighted by Gasteiger charge is 2.18. The van der Waals surface area contributed by atoms with Crippen LogP contribution in [0.25, 0.3) is 0 Å². The Labute approximate surface area is 148 Å². The monoisotopic (exact) mass is 390 g/mol. The molecule has 0 saturated carbocycles. The first-order chi connectivity index (χ1) is 11.4. The Morgan fingerprint density at radius 2 is 1.32 bits per heavy atom. The van der Waals surface area contributed by atoms with Gasteiger partial charge in [0.15, 0.2) is 19.7 Å². The molecule has 25 heavy (non-hydrogen) atoms. The first kappa shape index (κ1) is 22.8. The van der Waals surface area contributed by atoms with E-state index >= 15 is 0 Å². The average Bonchev–Trinajstić information content (AvgIpc) is 2.52. The van der Waals surface area contributed by atoms with E-state index in [1.807, 2.05) is 0 Å². The average molecular weight is 390 g/mol. The summed E-state index contributed by atoms with van der Waals surface area (Å²) in [6.45, 7) is 14.5. The van der Waals surface area contributed by atoms with Gasteiger partial charge in [-0.1, -0.05) is 26.3 Å². The molecule has 0 bridgehead atoms. The van der Waals surface area contributed by atoms with Crippen molar-refractivity contribution in [2.75, 3.05) is 6.54 Å². The minimum Gasteiger partial charge on any atom is -0.354 e. The minimum absolute atomic E-state index is 0.0205. The second kappa shape index (κ2) is 9.33. The lowest BCUT2D eigenvalue weighted by Gasteiger charge is -2.15. The predicted molar refractivity (Wildman–Crippen MR) is 96.4 cm³/mol. The van der Waals surface area contributed by atoms with Crippen LogP contribution in [-0.2, 0) is 29.3 Å². The van der Waals surface area contributed by atoms with Crippen LogP contribution in [0.5, 0.6) is 0 Å². The van der Waals surface area contributed by atoms with E-state index in [4.69, 9.17) is 0 Å². The van der Waals surface area contributed by atoms with Gasteiger partial charge in [0.2, 0.25) is 11.8 Å². The van der Waals surface area contributed by atoms with Gasteiger partial charge in [0.05, 0.1) is 22.7 Å². The van der Waals surface area contributed by atoms with Crippen molar-refractivity contribution in [3.63, 3.8) is 0 Å². The van der Waals surface area contributed by atoms with Crippen LogP contribution in [0.2, 0.25) is 0 Å². The number of carbonyl (C=O) groups is 2. The van der Waals surface area contributed by atoms with Gasteiger partial charge in [-0.05, 0) is 6.92 Å². The first-order valence-electron chi connectivity index (χ1n) is 7.02. The summed E-state index contributed by atoms with van der Waals surface area (Å²) in [7, 11) is -7.44. The summed E-state index contributed by atoms with van der Waals surface area (Å²) in [5, 5.41) is 6.34. The molecule has 0 saturated heterocycles. The Kier molecular flexibility index (Phi) is 8.51. The molecular weight excluding hydrogens is 368 g/mol. The second-order valence-electron chi connectivity index (χ2n) is 5.13. The van der Waals surface area contributed by atoms with E-state index in [1.54, 1.807) is 6.92 Å². The minimum atomic E-state index is -3.72. The Hall–Kier alpha value is -2.20. The SMILES string of the molecule is C=CS(=O)(=O)C(=C)CC(=O)NCC(C)NC(=O)CC(=C)S(=O)(=O)C=C. The van der Waals surface area contributed by atoms with E-state index in [9.17, 15) is 26.4 Å². The van der Waals surface area contributed by atoms with E-state index in [0.29, 0.717) is 10.8 Å². The van der Waals surface area contributed by atoms with Crippen LogP contribution >= 0.6 is 0 Å². The van der Waals surface area contributed by atoms with Crippen molar-refractivity contribution in [2.24, 2.45) is 0 Å². The highest BCUT2D eigenvalue weighted by molar-refractivity contribution is 7.98. The standard InChI is InChI=1S/C15H22N2O6S2/c1-6-24(20,21)12(4)8-14(18)16-10-11(3)17-15(19)9-13(5)25(22,23)7-2/h6-7,11H,1-2,4-5,8-10H2,3H3,(H,16,18)(H,17,19). The van der Waals surface area contributed by atoms with Gasteiger partial charge in [0.25, 0.3) is 0 Å². The maximum absolute atomic E-state index is 11.7. The Morgan fingerprint density at radius 1 is 0.920 bits per heavy atom. The molecule has 2 amide bonds. The van der Waals surface area contributed by atoms with E-state index in [0.717, 1.165) is 0 Å². The molecule has 0 aromatic rings. The number of hydrogen-bond acceptors (Lipinski definition) is 6. The van der Waals surface area contributed by atoms with E-state index in [-0.39, 0.29) is 16.4 Å². The largest absolute Gasteiger partial charge is 0.354 e. The number of carbonyl (C=O) groups excluding carboxylic acids is 2. The highest BCUT2D eigenvalue weighted by Crippen LogP contribution is 2.11. The molecule has 10 heteroatoms. The molecule has 2 N–H and O–H groups in total. The summed E-state index contributed by atoms with van der Waals surface area (Å²) >= 11 is 0. The van der Waals surface area contributed by atoms with Crippen LogP contribution < -0.4 is 10.6 Å². The maximum atomic E-state index is 11.7. The fourth-order valence-corrected chi connectivity index (χ4v) is 2.64. The Morgan fingerprint density at radius 3 is 1.72 bits per heavy atom. The van der Waals surface area contributed by atoms with Crippen LogP contribution in [-0.4, -0.2) is 41.2 Å². The van der Waals surface area contributed by atoms with Gasteiger partial charge < -0.3 is 10.6 Å². The lowest BCUT2D eigenvalue weighted by molar-refractivity contribution is -0.122. The normalized spacial score (nSPS) is 12.5. The molecule has 0 aliphatic rings. The zero-order chi connectivity index (χ0) is 19.8. The van der Waals surface area contributed by atoms with Gasteiger partial charge in [-0.2, -0.15) is 0 Å². The molecule has 1 atom stereocenters. The van der Waals surface area contributed by atoms with Crippen molar-refractivity contribution in [2.45, 2.75) is 25.8 Å². The zero-order valence-corrected chi connectivity index (χ0v) is 15.6. The molecule has 0 spiro atoms. The van der Waals surface area contributed by atoms with E-state index < -0.39 is 50.4 Å². The van der Waals surface area contributed by atoms with Crippen molar-refractivity contribution in [1.29, 1.82) is 0 Å². The summed E-state index contributed by atoms with van der Waals surface area (Å²) in [5.74, 6) is -1.18. The van der Waals surface area contributed by atoms with Gasteiger partial charge >= 0.3 is 0 Å². The molecule has 0 fully saturated rings. The summed E-state index contributed by atoms with van der Waals surface area (Å²) in [5.41, 5.74) is 0. The molecule has 1 unspecified atom stereocenters. The summed E-state index contributed by atoms with van der Waals surface area (Å²) in [6.07, 6.45) is -0.857. The number of hydrogen-bond donors (Lipinski definition) is 2. The molecule has 140 valence electrons. The van der Waals surface area contributed by atoms with Gasteiger partial charge in [-0.25, -0.2) is 16.8 Å². The summed E-state index contributed by atoms with van der Waals surface area (Å²) in [6, 6.07) is -0.514. The third kappa shape index (κ3) is 7.94. The zero-order valence-electron chi connectivity index (χ0n) is 13.9. The van der Waals surface area contributed by atoms with Crippen molar-refractivity contribution in [3.05, 3.63) is 46.9 Å². The lowest BCUT2D eigenvalue weighted by atomic mass is 10.3. The Balaban J connectivity index is 4.42. The number of rotatable bonds is 11. The highest BCUT2D eigenvalue weighted by atomic mass is 32.2. The van der Waals surface area contributed by atoms with E-state index in [2.05, 4.69) is 36.9 Å². The molecule has 0 aliphatic carbocycles. The second-order valence-corrected chi connectivity index (χ2v) is 9.13. The van der Waals surface area contributed by atoms with Crippen LogP contribution in [0, 0.1) is 0 Å². The van der Waals surface area contributed by atoms with Crippen LogP contribution in [0.1, 0.15) is 19.8 Å². The number of amides is 2. The molecule has 0 aromatic carbocycles. The Bertz CT molecular complexity index is 794. The first-order valence-corrected chi connectivity index (χ1v) is 10.1. The van der Waals surface area contributed by atoms with Gasteiger partial charge in [0, 0.05) is 23.4 Å². The van der Waals surface area contributed by atoms with Crippen molar-refractivity contribution >= 4 is 31.5 Å². The fraction of sp³-hybridized carbons (Fsp3) is 0.333. The van der Waals surface area contributed by atoms with Crippen molar-refractivity contribution in [3.8, 4) is 0 Å². The van der Waals surface area contributed by atoms with Crippen molar-refractivity contribution < 1.29 is 26.4 Å². The summed E-state index contributed by atoms with van der Waals surface area (Å²) < 4.78 is 45.7. The van der Waals surface area contributed by atoms with Crippen LogP contribution in [0.4, 0.5) is 0 Å². The smallest absolute Gasteiger partial charge is 0.225 e. The molecule has 0 aliphatic heterocycles. The van der Waals surface area contributed by atoms with Crippen LogP contribution in [0.15, 0.2) is 46.9 Å². The molecule has 0 heterocycles. The lowest BCUT2D eigenvalue weighted by Crippen LogP contribution is -2.42. The van der Waals surface area contributed by atoms with Gasteiger partial charge in [-0.3, -0.25) is 9.59 Å².